The second-order valence-electron chi connectivity index (χ2n) is 12.1. The first kappa shape index (κ1) is 21.0. The molecule has 3 heteroatoms. The van der Waals surface area contributed by atoms with Gasteiger partial charge in [-0.25, -0.2) is 0 Å². The number of aryl methyl sites for hydroxylation is 1. The maximum atomic E-state index is 4.93. The fourth-order valence-electron chi connectivity index (χ4n) is 5.60. The molecule has 33 heavy (non-hydrogen) atoms. The van der Waals surface area contributed by atoms with Crippen LogP contribution in [0.25, 0.3) is 49.0 Å². The van der Waals surface area contributed by atoms with Crippen molar-refractivity contribution in [3.8, 4) is 0 Å². The average molecular weight is 493 g/mol. The molecular weight excluding hydrogens is 461 g/mol. The summed E-state index contributed by atoms with van der Waals surface area (Å²) in [6.07, 6.45) is 3.07. The monoisotopic (exact) mass is 494 g/mol. The number of aromatic nitrogens is 2. The quantitative estimate of drug-likeness (QED) is 0.137. The van der Waals surface area contributed by atoms with E-state index in [0.29, 0.717) is 0 Å². The predicted octanol–water partition coefficient (Wildman–Crippen LogP) is 7.83. The molecule has 0 N–H and O–H groups in total. The molecule has 0 atom stereocenters. The van der Waals surface area contributed by atoms with Gasteiger partial charge in [0.2, 0.25) is 0 Å². The SMILES string of the molecule is Cc1cc2c3ccc(CC(C)(C)C)cc3n3c4c[c]([Ge]([CH3])([CH3])[CH3])cc5ccnc(c(c1)c23)c54. The summed E-state index contributed by atoms with van der Waals surface area (Å²) in [5, 5.41) is 6.57. The van der Waals surface area contributed by atoms with E-state index in [9.17, 15) is 0 Å². The van der Waals surface area contributed by atoms with E-state index in [2.05, 4.69) is 97.9 Å². The Kier molecular flexibility index (Phi) is 4.28. The Morgan fingerprint density at radius 3 is 2.33 bits per heavy atom. The topological polar surface area (TPSA) is 17.3 Å². The van der Waals surface area contributed by atoms with E-state index in [1.807, 2.05) is 6.20 Å². The van der Waals surface area contributed by atoms with Crippen molar-refractivity contribution < 1.29 is 0 Å². The fraction of sp³-hybridized carbons (Fsp3) is 0.300. The van der Waals surface area contributed by atoms with E-state index in [1.54, 1.807) is 4.40 Å². The summed E-state index contributed by atoms with van der Waals surface area (Å²) in [6.45, 7) is 9.17. The molecule has 3 aromatic carbocycles. The normalized spacial score (nSPS) is 13.4. The van der Waals surface area contributed by atoms with Gasteiger partial charge in [-0.15, -0.1) is 0 Å². The van der Waals surface area contributed by atoms with E-state index in [0.717, 1.165) is 11.9 Å². The van der Waals surface area contributed by atoms with E-state index in [1.165, 1.54) is 54.6 Å². The summed E-state index contributed by atoms with van der Waals surface area (Å²) in [5.41, 5.74) is 8.05. The molecule has 0 amide bonds. The van der Waals surface area contributed by atoms with Gasteiger partial charge in [-0.2, -0.15) is 0 Å². The Labute approximate surface area is 198 Å². The van der Waals surface area contributed by atoms with Crippen LogP contribution in [0.3, 0.4) is 0 Å². The first-order valence-electron chi connectivity index (χ1n) is 12.0. The Hall–Kier alpha value is -2.59. The van der Waals surface area contributed by atoms with E-state index >= 15 is 0 Å². The molecule has 0 aliphatic heterocycles. The van der Waals surface area contributed by atoms with Crippen molar-refractivity contribution in [3.05, 3.63) is 65.9 Å². The van der Waals surface area contributed by atoms with Gasteiger partial charge in [-0.1, -0.05) is 0 Å². The van der Waals surface area contributed by atoms with Crippen molar-refractivity contribution in [2.45, 2.75) is 51.4 Å². The third-order valence-corrected chi connectivity index (χ3v) is 11.2. The van der Waals surface area contributed by atoms with Crippen LogP contribution in [0.15, 0.2) is 54.7 Å². The van der Waals surface area contributed by atoms with E-state index in [-0.39, 0.29) is 5.41 Å². The number of rotatable bonds is 2. The predicted molar refractivity (Wildman–Crippen MR) is 147 cm³/mol. The molecule has 0 radical (unpaired) electrons. The fourth-order valence-corrected chi connectivity index (χ4v) is 8.03. The Morgan fingerprint density at radius 2 is 1.61 bits per heavy atom. The Balaban J connectivity index is 1.90. The Bertz CT molecular complexity index is 1710. The summed E-state index contributed by atoms with van der Waals surface area (Å²) in [7, 11) is 0. The second kappa shape index (κ2) is 6.73. The maximum absolute atomic E-state index is 4.93. The first-order chi connectivity index (χ1) is 15.5. The van der Waals surface area contributed by atoms with Gasteiger partial charge < -0.3 is 0 Å². The van der Waals surface area contributed by atoms with Crippen LogP contribution in [0.1, 0.15) is 31.9 Å². The summed E-state index contributed by atoms with van der Waals surface area (Å²) in [5.74, 6) is 7.46. The zero-order valence-corrected chi connectivity index (χ0v) is 22.9. The summed E-state index contributed by atoms with van der Waals surface area (Å²) < 4.78 is 4.10. The molecule has 0 saturated heterocycles. The molecule has 166 valence electrons. The third-order valence-electron chi connectivity index (χ3n) is 7.01. The van der Waals surface area contributed by atoms with Crippen molar-refractivity contribution in [2.75, 3.05) is 0 Å². The van der Waals surface area contributed by atoms with Gasteiger partial charge in [0.15, 0.2) is 0 Å². The van der Waals surface area contributed by atoms with Crippen LogP contribution in [-0.2, 0) is 6.42 Å². The van der Waals surface area contributed by atoms with Gasteiger partial charge in [0.05, 0.1) is 0 Å². The van der Waals surface area contributed by atoms with E-state index in [4.69, 9.17) is 4.98 Å². The molecule has 6 aromatic rings. The van der Waals surface area contributed by atoms with Gasteiger partial charge in [-0.05, 0) is 0 Å². The zero-order chi connectivity index (χ0) is 23.3. The van der Waals surface area contributed by atoms with Gasteiger partial charge in [-0.3, -0.25) is 0 Å². The van der Waals surface area contributed by atoms with E-state index < -0.39 is 13.3 Å². The molecule has 3 aromatic heterocycles. The number of nitrogens with zero attached hydrogens (tertiary/aromatic N) is 2. The first-order valence-corrected chi connectivity index (χ1v) is 19.4. The Morgan fingerprint density at radius 1 is 0.848 bits per heavy atom. The summed E-state index contributed by atoms with van der Waals surface area (Å²) >= 11 is -2.05. The van der Waals surface area contributed by atoms with Crippen molar-refractivity contribution in [1.29, 1.82) is 0 Å². The van der Waals surface area contributed by atoms with Crippen molar-refractivity contribution in [1.82, 2.24) is 9.38 Å². The van der Waals surface area contributed by atoms with Crippen LogP contribution in [0.4, 0.5) is 0 Å². The zero-order valence-electron chi connectivity index (χ0n) is 20.8. The summed E-state index contributed by atoms with van der Waals surface area (Å²) in [6, 6.07) is 19.0. The standard InChI is InChI=1S/C30H32GeN2/c1-18-12-23-22-9-8-19(17-30(2,3)4)14-25(22)33-26-16-21(31(5,6)7)15-20-10-11-32-28(27(20)26)24(13-18)29(23)33/h8-16H,17H2,1-7H3. The number of hydrogen-bond acceptors (Lipinski definition) is 1. The van der Waals surface area contributed by atoms with Crippen LogP contribution in [0.5, 0.6) is 0 Å². The molecule has 0 unspecified atom stereocenters. The molecule has 0 bridgehead atoms. The molecule has 0 aliphatic carbocycles. The number of fused-ring (bicyclic) bond motifs is 5. The number of benzene rings is 3. The minimum absolute atomic E-state index is 0.257. The average Bonchev–Trinajstić information content (AvgIpc) is 3.03. The number of hydrogen-bond donors (Lipinski definition) is 0. The molecule has 0 saturated carbocycles. The molecule has 0 spiro atoms. The molecule has 6 rings (SSSR count). The van der Waals surface area contributed by atoms with Gasteiger partial charge >= 0.3 is 199 Å². The molecule has 0 fully saturated rings. The minimum atomic E-state index is -2.05. The molecular formula is C30H32GeN2. The molecule has 3 heterocycles. The molecule has 2 nitrogen and oxygen atoms in total. The van der Waals surface area contributed by atoms with Crippen molar-refractivity contribution in [3.63, 3.8) is 0 Å². The third kappa shape index (κ3) is 3.18. The number of pyridine rings is 2. The van der Waals surface area contributed by atoms with Crippen molar-refractivity contribution in [2.24, 2.45) is 5.41 Å². The van der Waals surface area contributed by atoms with Crippen LogP contribution in [-0.4, -0.2) is 22.7 Å². The second-order valence-corrected chi connectivity index (χ2v) is 22.8. The van der Waals surface area contributed by atoms with Crippen LogP contribution in [0.2, 0.25) is 17.3 Å². The van der Waals surface area contributed by atoms with Gasteiger partial charge in [0.25, 0.3) is 0 Å². The van der Waals surface area contributed by atoms with Gasteiger partial charge in [0.1, 0.15) is 0 Å². The molecule has 0 aliphatic rings. The van der Waals surface area contributed by atoms with Crippen LogP contribution < -0.4 is 4.40 Å². The van der Waals surface area contributed by atoms with Crippen LogP contribution >= 0.6 is 0 Å². The van der Waals surface area contributed by atoms with Crippen molar-refractivity contribution >= 4 is 66.7 Å². The summed E-state index contributed by atoms with van der Waals surface area (Å²) in [4.78, 5) is 4.93. The van der Waals surface area contributed by atoms with Gasteiger partial charge in [0, 0.05) is 0 Å². The van der Waals surface area contributed by atoms with Crippen LogP contribution in [0, 0.1) is 12.3 Å².